The molecule has 0 saturated heterocycles. The molecule has 0 bridgehead atoms. The molecule has 0 aliphatic carbocycles. The molecule has 0 radical (unpaired) electrons. The van der Waals surface area contributed by atoms with E-state index in [-0.39, 0.29) is 11.5 Å². The largest absolute Gasteiger partial charge is 0.461 e. The number of esters is 1. The topological polar surface area (TPSA) is 53.4 Å². The lowest BCUT2D eigenvalue weighted by molar-refractivity contribution is 0.0444. The van der Waals surface area contributed by atoms with Crippen molar-refractivity contribution in [1.29, 1.82) is 0 Å². The Morgan fingerprint density at radius 1 is 1.37 bits per heavy atom. The first-order valence-corrected chi connectivity index (χ1v) is 6.68. The molecule has 0 N–H and O–H groups in total. The Morgan fingerprint density at radius 2 is 2.05 bits per heavy atom. The molecule has 5 nitrogen and oxygen atoms in total. The smallest absolute Gasteiger partial charge is 0.358 e. The van der Waals surface area contributed by atoms with Crippen LogP contribution in [0.5, 0.6) is 0 Å². The molecule has 0 unspecified atom stereocenters. The Kier molecular flexibility index (Phi) is 5.54. The summed E-state index contributed by atoms with van der Waals surface area (Å²) < 4.78 is 12.2. The minimum Gasteiger partial charge on any atom is -0.461 e. The van der Waals surface area contributed by atoms with Gasteiger partial charge in [-0.25, -0.2) is 4.79 Å². The van der Waals surface area contributed by atoms with E-state index in [4.69, 9.17) is 9.47 Å². The Balaban J connectivity index is 2.54. The van der Waals surface area contributed by atoms with Crippen LogP contribution in [0.15, 0.2) is 6.07 Å². The highest BCUT2D eigenvalue weighted by Gasteiger charge is 2.20. The number of aromatic nitrogens is 2. The monoisotopic (exact) mass is 268 g/mol. The minimum absolute atomic E-state index is 0.141. The van der Waals surface area contributed by atoms with E-state index in [1.54, 1.807) is 6.07 Å². The summed E-state index contributed by atoms with van der Waals surface area (Å²) in [7, 11) is 0. The van der Waals surface area contributed by atoms with Crippen molar-refractivity contribution in [2.45, 2.75) is 46.6 Å². The van der Waals surface area contributed by atoms with Gasteiger partial charge in [0.15, 0.2) is 5.69 Å². The number of hydrogen-bond donors (Lipinski definition) is 0. The fraction of sp³-hybridized carbons (Fsp3) is 0.714. The van der Waals surface area contributed by atoms with Gasteiger partial charge >= 0.3 is 5.97 Å². The van der Waals surface area contributed by atoms with Gasteiger partial charge in [0.2, 0.25) is 0 Å². The number of aryl methyl sites for hydroxylation is 1. The highest BCUT2D eigenvalue weighted by molar-refractivity contribution is 5.87. The zero-order valence-electron chi connectivity index (χ0n) is 12.5. The van der Waals surface area contributed by atoms with Crippen molar-refractivity contribution in [3.8, 4) is 0 Å². The Bertz CT molecular complexity index is 419. The quantitative estimate of drug-likeness (QED) is 0.587. The molecule has 5 heteroatoms. The highest BCUT2D eigenvalue weighted by atomic mass is 16.5. The van der Waals surface area contributed by atoms with Crippen LogP contribution in [0.3, 0.4) is 0 Å². The molecular formula is C14H24N2O3. The van der Waals surface area contributed by atoms with Crippen molar-refractivity contribution in [2.75, 3.05) is 19.8 Å². The second-order valence-corrected chi connectivity index (χ2v) is 5.44. The van der Waals surface area contributed by atoms with Crippen LogP contribution in [0.1, 0.15) is 50.3 Å². The van der Waals surface area contributed by atoms with Crippen molar-refractivity contribution < 1.29 is 14.3 Å². The average molecular weight is 268 g/mol. The van der Waals surface area contributed by atoms with Crippen molar-refractivity contribution in [3.63, 3.8) is 0 Å². The van der Waals surface area contributed by atoms with E-state index >= 15 is 0 Å². The number of carbonyl (C=O) groups is 1. The molecule has 0 atom stereocenters. The summed E-state index contributed by atoms with van der Waals surface area (Å²) in [4.78, 5) is 11.8. The van der Waals surface area contributed by atoms with E-state index in [0.29, 0.717) is 31.9 Å². The third kappa shape index (κ3) is 4.67. The molecule has 1 rings (SSSR count). The zero-order valence-corrected chi connectivity index (χ0v) is 12.5. The summed E-state index contributed by atoms with van der Waals surface area (Å²) in [6.07, 6.45) is 0.707. The van der Waals surface area contributed by atoms with Gasteiger partial charge in [0.25, 0.3) is 0 Å². The second kappa shape index (κ2) is 6.70. The highest BCUT2D eigenvalue weighted by Crippen LogP contribution is 2.17. The van der Waals surface area contributed by atoms with Gasteiger partial charge in [-0.05, 0) is 40.7 Å². The molecule has 0 fully saturated rings. The molecule has 0 aromatic carbocycles. The van der Waals surface area contributed by atoms with E-state index in [2.05, 4.69) is 5.10 Å². The summed E-state index contributed by atoms with van der Waals surface area (Å²) in [5.41, 5.74) is 1.18. The van der Waals surface area contributed by atoms with Crippen LogP contribution in [0.25, 0.3) is 0 Å². The van der Waals surface area contributed by atoms with Crippen LogP contribution in [0, 0.1) is 6.92 Å². The predicted octanol–water partition coefficient (Wildman–Crippen LogP) is 2.53. The molecule has 19 heavy (non-hydrogen) atoms. The SMILES string of the molecule is CCOCCCOC(=O)c1cc(C)n(C(C)(C)C)n1. The van der Waals surface area contributed by atoms with Crippen molar-refractivity contribution in [3.05, 3.63) is 17.5 Å². The van der Waals surface area contributed by atoms with Crippen molar-refractivity contribution in [2.24, 2.45) is 0 Å². The number of rotatable bonds is 6. The molecule has 0 saturated carbocycles. The standard InChI is InChI=1S/C14H24N2O3/c1-6-18-8-7-9-19-13(17)12-10-11(2)16(15-12)14(3,4)5/h10H,6-9H2,1-5H3. The first kappa shape index (κ1) is 15.7. The molecule has 1 aromatic heterocycles. The lowest BCUT2D eigenvalue weighted by Crippen LogP contribution is -2.24. The van der Waals surface area contributed by atoms with Crippen molar-refractivity contribution >= 4 is 5.97 Å². The maximum atomic E-state index is 11.8. The summed E-state index contributed by atoms with van der Waals surface area (Å²) in [5.74, 6) is -0.373. The number of nitrogens with zero attached hydrogens (tertiary/aromatic N) is 2. The number of hydrogen-bond acceptors (Lipinski definition) is 4. The van der Waals surface area contributed by atoms with Crippen LogP contribution >= 0.6 is 0 Å². The third-order valence-electron chi connectivity index (χ3n) is 2.60. The average Bonchev–Trinajstić information content (AvgIpc) is 2.70. The van der Waals surface area contributed by atoms with Crippen LogP contribution in [0.2, 0.25) is 0 Å². The maximum absolute atomic E-state index is 11.8. The fourth-order valence-corrected chi connectivity index (χ4v) is 1.80. The summed E-state index contributed by atoms with van der Waals surface area (Å²) in [6, 6.07) is 1.76. The zero-order chi connectivity index (χ0) is 14.5. The first-order valence-electron chi connectivity index (χ1n) is 6.68. The van der Waals surface area contributed by atoms with Gasteiger partial charge in [-0.3, -0.25) is 4.68 Å². The van der Waals surface area contributed by atoms with Gasteiger partial charge in [0, 0.05) is 25.3 Å². The van der Waals surface area contributed by atoms with E-state index in [1.165, 1.54) is 0 Å². The molecule has 0 amide bonds. The van der Waals surface area contributed by atoms with Crippen LogP contribution < -0.4 is 0 Å². The second-order valence-electron chi connectivity index (χ2n) is 5.44. The first-order chi connectivity index (χ1) is 8.86. The fourth-order valence-electron chi connectivity index (χ4n) is 1.80. The van der Waals surface area contributed by atoms with Gasteiger partial charge in [0.1, 0.15) is 0 Å². The van der Waals surface area contributed by atoms with Crippen LogP contribution in [-0.2, 0) is 15.0 Å². The molecule has 1 heterocycles. The molecule has 0 aliphatic rings. The number of carbonyl (C=O) groups excluding carboxylic acids is 1. The van der Waals surface area contributed by atoms with Gasteiger partial charge < -0.3 is 9.47 Å². The molecule has 1 aromatic rings. The summed E-state index contributed by atoms with van der Waals surface area (Å²) in [6.45, 7) is 11.7. The third-order valence-corrected chi connectivity index (χ3v) is 2.60. The Labute approximate surface area is 114 Å². The summed E-state index contributed by atoms with van der Waals surface area (Å²) in [5, 5.41) is 4.31. The van der Waals surface area contributed by atoms with Gasteiger partial charge in [-0.15, -0.1) is 0 Å². The Morgan fingerprint density at radius 3 is 2.58 bits per heavy atom. The van der Waals surface area contributed by atoms with E-state index in [1.807, 2.05) is 39.3 Å². The molecule has 0 spiro atoms. The van der Waals surface area contributed by atoms with Crippen molar-refractivity contribution in [1.82, 2.24) is 9.78 Å². The molecule has 108 valence electrons. The molecule has 0 aliphatic heterocycles. The van der Waals surface area contributed by atoms with Gasteiger partial charge in [0.05, 0.1) is 12.1 Å². The molecular weight excluding hydrogens is 244 g/mol. The Hall–Kier alpha value is -1.36. The predicted molar refractivity (Wildman–Crippen MR) is 73.4 cm³/mol. The van der Waals surface area contributed by atoms with Crippen LogP contribution in [0.4, 0.5) is 0 Å². The van der Waals surface area contributed by atoms with E-state index in [0.717, 1.165) is 5.69 Å². The van der Waals surface area contributed by atoms with E-state index in [9.17, 15) is 4.79 Å². The minimum atomic E-state index is -0.373. The normalized spacial score (nSPS) is 11.6. The van der Waals surface area contributed by atoms with E-state index < -0.39 is 0 Å². The number of ether oxygens (including phenoxy) is 2. The van der Waals surface area contributed by atoms with Crippen LogP contribution in [-0.4, -0.2) is 35.6 Å². The maximum Gasteiger partial charge on any atom is 0.358 e. The lowest BCUT2D eigenvalue weighted by Gasteiger charge is -2.21. The van der Waals surface area contributed by atoms with Gasteiger partial charge in [-0.1, -0.05) is 0 Å². The lowest BCUT2D eigenvalue weighted by atomic mass is 10.1. The summed E-state index contributed by atoms with van der Waals surface area (Å²) >= 11 is 0. The van der Waals surface area contributed by atoms with Gasteiger partial charge in [-0.2, -0.15) is 5.10 Å².